The van der Waals surface area contributed by atoms with Crippen LogP contribution in [0.5, 0.6) is 0 Å². The molecule has 0 radical (unpaired) electrons. The second-order valence-electron chi connectivity index (χ2n) is 11.0. The molecular formula is C40H25N3S. The van der Waals surface area contributed by atoms with Crippen molar-refractivity contribution in [2.45, 2.75) is 9.79 Å². The highest BCUT2D eigenvalue weighted by Gasteiger charge is 2.24. The highest BCUT2D eigenvalue weighted by molar-refractivity contribution is 7.99. The van der Waals surface area contributed by atoms with Gasteiger partial charge in [-0.2, -0.15) is 0 Å². The SMILES string of the molecule is c1ccc2c(c1)Sc1ccccc1N2c1ccc(-c2nc(-c3cccc4ccccc34)c3ccc4ccccc4c3n2)cc1. The third kappa shape index (κ3) is 3.99. The van der Waals surface area contributed by atoms with Gasteiger partial charge in [-0.05, 0) is 70.8 Å². The molecular weight excluding hydrogens is 555 g/mol. The average Bonchev–Trinajstić information content (AvgIpc) is 3.10. The van der Waals surface area contributed by atoms with Gasteiger partial charge in [0.15, 0.2) is 5.82 Å². The fraction of sp³-hybridized carbons (Fsp3) is 0. The summed E-state index contributed by atoms with van der Waals surface area (Å²) in [7, 11) is 0. The van der Waals surface area contributed by atoms with Gasteiger partial charge in [0.1, 0.15) is 0 Å². The quantitative estimate of drug-likeness (QED) is 0.195. The van der Waals surface area contributed by atoms with E-state index in [2.05, 4.69) is 157 Å². The van der Waals surface area contributed by atoms with Crippen molar-refractivity contribution < 1.29 is 0 Å². The van der Waals surface area contributed by atoms with Gasteiger partial charge in [-0.15, -0.1) is 0 Å². The van der Waals surface area contributed by atoms with E-state index in [0.717, 1.165) is 44.6 Å². The molecule has 0 saturated carbocycles. The van der Waals surface area contributed by atoms with Gasteiger partial charge in [0.05, 0.1) is 22.6 Å². The Labute approximate surface area is 259 Å². The number of hydrogen-bond donors (Lipinski definition) is 0. The summed E-state index contributed by atoms with van der Waals surface area (Å²) in [5.41, 5.74) is 7.50. The van der Waals surface area contributed by atoms with Crippen LogP contribution in [0.1, 0.15) is 0 Å². The van der Waals surface area contributed by atoms with Crippen LogP contribution in [0.4, 0.5) is 17.1 Å². The zero-order valence-corrected chi connectivity index (χ0v) is 24.5. The van der Waals surface area contributed by atoms with Crippen LogP contribution in [0.2, 0.25) is 0 Å². The predicted molar refractivity (Wildman–Crippen MR) is 184 cm³/mol. The van der Waals surface area contributed by atoms with Crippen molar-refractivity contribution in [1.29, 1.82) is 0 Å². The first kappa shape index (κ1) is 25.1. The second-order valence-corrected chi connectivity index (χ2v) is 12.1. The summed E-state index contributed by atoms with van der Waals surface area (Å²) in [5, 5.41) is 5.74. The van der Waals surface area contributed by atoms with Crippen molar-refractivity contribution in [1.82, 2.24) is 9.97 Å². The van der Waals surface area contributed by atoms with Gasteiger partial charge >= 0.3 is 0 Å². The third-order valence-corrected chi connectivity index (χ3v) is 9.58. The van der Waals surface area contributed by atoms with Crippen molar-refractivity contribution in [3.05, 3.63) is 152 Å². The maximum atomic E-state index is 5.28. The molecule has 44 heavy (non-hydrogen) atoms. The Morgan fingerprint density at radius 1 is 0.455 bits per heavy atom. The minimum Gasteiger partial charge on any atom is -0.308 e. The van der Waals surface area contributed by atoms with Crippen molar-refractivity contribution >= 4 is 61.3 Å². The monoisotopic (exact) mass is 579 g/mol. The Balaban J connectivity index is 1.24. The molecule has 1 aromatic heterocycles. The number of fused-ring (bicyclic) bond motifs is 6. The van der Waals surface area contributed by atoms with Gasteiger partial charge in [0, 0.05) is 37.4 Å². The molecule has 3 nitrogen and oxygen atoms in total. The van der Waals surface area contributed by atoms with E-state index in [0.29, 0.717) is 0 Å². The fourth-order valence-electron chi connectivity index (χ4n) is 6.37. The van der Waals surface area contributed by atoms with Crippen molar-refractivity contribution in [3.8, 4) is 22.6 Å². The maximum absolute atomic E-state index is 5.28. The van der Waals surface area contributed by atoms with Gasteiger partial charge in [-0.3, -0.25) is 0 Å². The van der Waals surface area contributed by atoms with E-state index in [9.17, 15) is 0 Å². The molecule has 0 saturated heterocycles. The van der Waals surface area contributed by atoms with E-state index in [-0.39, 0.29) is 0 Å². The molecule has 9 rings (SSSR count). The van der Waals surface area contributed by atoms with Crippen LogP contribution in [0.25, 0.3) is 55.1 Å². The first-order valence-corrected chi connectivity index (χ1v) is 15.6. The molecule has 2 heterocycles. The number of para-hydroxylation sites is 2. The molecule has 8 aromatic rings. The number of benzene rings is 7. The summed E-state index contributed by atoms with van der Waals surface area (Å²) in [4.78, 5) is 15.4. The highest BCUT2D eigenvalue weighted by atomic mass is 32.2. The van der Waals surface area contributed by atoms with E-state index in [1.165, 1.54) is 37.3 Å². The highest BCUT2D eigenvalue weighted by Crippen LogP contribution is 2.51. The van der Waals surface area contributed by atoms with Gasteiger partial charge in [-0.1, -0.05) is 109 Å². The van der Waals surface area contributed by atoms with Crippen molar-refractivity contribution in [3.63, 3.8) is 0 Å². The summed E-state index contributed by atoms with van der Waals surface area (Å²) in [6.07, 6.45) is 0. The van der Waals surface area contributed by atoms with Crippen LogP contribution >= 0.6 is 11.8 Å². The number of rotatable bonds is 3. The van der Waals surface area contributed by atoms with Gasteiger partial charge in [-0.25, -0.2) is 9.97 Å². The number of anilines is 3. The van der Waals surface area contributed by atoms with Crippen LogP contribution in [0, 0.1) is 0 Å². The van der Waals surface area contributed by atoms with Crippen LogP contribution in [0.3, 0.4) is 0 Å². The molecule has 0 aliphatic carbocycles. The number of nitrogens with zero attached hydrogens (tertiary/aromatic N) is 3. The minimum absolute atomic E-state index is 0.721. The molecule has 0 bridgehead atoms. The Kier molecular flexibility index (Phi) is 5.75. The molecule has 0 atom stereocenters. The molecule has 0 spiro atoms. The Morgan fingerprint density at radius 3 is 1.82 bits per heavy atom. The standard InChI is InChI=1S/C40H25N3S/c1-3-13-30-26(10-1)12-9-15-32(30)39-33-25-22-27-11-2-4-14-31(27)38(33)41-40(42-39)28-20-23-29(24-21-28)43-34-16-5-7-18-36(34)44-37-19-8-6-17-35(37)43/h1-25H. The summed E-state index contributed by atoms with van der Waals surface area (Å²) in [6.45, 7) is 0. The van der Waals surface area contributed by atoms with E-state index >= 15 is 0 Å². The van der Waals surface area contributed by atoms with Gasteiger partial charge in [0.2, 0.25) is 0 Å². The lowest BCUT2D eigenvalue weighted by atomic mass is 9.97. The Hall–Kier alpha value is -5.45. The molecule has 1 aliphatic heterocycles. The number of hydrogen-bond acceptors (Lipinski definition) is 4. The van der Waals surface area contributed by atoms with Gasteiger partial charge in [0.25, 0.3) is 0 Å². The average molecular weight is 580 g/mol. The minimum atomic E-state index is 0.721. The maximum Gasteiger partial charge on any atom is 0.160 e. The zero-order valence-electron chi connectivity index (χ0n) is 23.7. The topological polar surface area (TPSA) is 29.0 Å². The van der Waals surface area contributed by atoms with Crippen LogP contribution in [-0.2, 0) is 0 Å². The molecule has 4 heteroatoms. The van der Waals surface area contributed by atoms with E-state index < -0.39 is 0 Å². The van der Waals surface area contributed by atoms with Crippen molar-refractivity contribution in [2.75, 3.05) is 4.90 Å². The largest absolute Gasteiger partial charge is 0.308 e. The smallest absolute Gasteiger partial charge is 0.160 e. The zero-order chi connectivity index (χ0) is 29.0. The summed E-state index contributed by atoms with van der Waals surface area (Å²) >= 11 is 1.82. The van der Waals surface area contributed by atoms with Gasteiger partial charge < -0.3 is 4.90 Å². The fourth-order valence-corrected chi connectivity index (χ4v) is 7.43. The lowest BCUT2D eigenvalue weighted by Gasteiger charge is -2.32. The van der Waals surface area contributed by atoms with Crippen LogP contribution in [0.15, 0.2) is 161 Å². The number of aromatic nitrogens is 2. The molecule has 0 unspecified atom stereocenters. The van der Waals surface area contributed by atoms with Crippen LogP contribution < -0.4 is 4.90 Å². The molecule has 0 amide bonds. The lowest BCUT2D eigenvalue weighted by Crippen LogP contribution is -2.14. The predicted octanol–water partition coefficient (Wildman–Crippen LogP) is 11.2. The molecule has 7 aromatic carbocycles. The normalized spacial score (nSPS) is 12.4. The van der Waals surface area contributed by atoms with E-state index in [1.54, 1.807) is 0 Å². The first-order valence-electron chi connectivity index (χ1n) is 14.8. The lowest BCUT2D eigenvalue weighted by molar-refractivity contribution is 1.16. The summed E-state index contributed by atoms with van der Waals surface area (Å²) < 4.78 is 0. The molecule has 0 fully saturated rings. The Bertz CT molecular complexity index is 2330. The molecule has 1 aliphatic rings. The van der Waals surface area contributed by atoms with Crippen molar-refractivity contribution in [2.24, 2.45) is 0 Å². The Morgan fingerprint density at radius 2 is 1.07 bits per heavy atom. The third-order valence-electron chi connectivity index (χ3n) is 8.45. The van der Waals surface area contributed by atoms with Crippen LogP contribution in [-0.4, -0.2) is 9.97 Å². The second kappa shape index (κ2) is 10.1. The molecule has 0 N–H and O–H groups in total. The molecule has 206 valence electrons. The first-order chi connectivity index (χ1) is 21.8. The summed E-state index contributed by atoms with van der Waals surface area (Å²) in [6, 6.07) is 53.7. The van der Waals surface area contributed by atoms with E-state index in [1.807, 2.05) is 11.8 Å². The summed E-state index contributed by atoms with van der Waals surface area (Å²) in [5.74, 6) is 0.721. The van der Waals surface area contributed by atoms with E-state index in [4.69, 9.17) is 9.97 Å².